The van der Waals surface area contributed by atoms with Crippen molar-refractivity contribution in [3.8, 4) is 0 Å². The van der Waals surface area contributed by atoms with E-state index < -0.39 is 6.10 Å². The van der Waals surface area contributed by atoms with Gasteiger partial charge in [0.15, 0.2) is 6.10 Å². The Labute approximate surface area is 317 Å². The average molecular weight is 723 g/mol. The Hall–Kier alpha value is -1.59. The fourth-order valence-corrected chi connectivity index (χ4v) is 6.54. The summed E-state index contributed by atoms with van der Waals surface area (Å²) < 4.78 is 16.7. The van der Waals surface area contributed by atoms with Gasteiger partial charge < -0.3 is 14.2 Å². The highest BCUT2D eigenvalue weighted by molar-refractivity contribution is 5.71. The first-order valence-electron chi connectivity index (χ1n) is 22.3. The van der Waals surface area contributed by atoms with Crippen LogP contribution in [-0.2, 0) is 28.6 Å². The minimum atomic E-state index is -0.760. The largest absolute Gasteiger partial charge is 0.462 e. The van der Waals surface area contributed by atoms with Gasteiger partial charge in [-0.15, -0.1) is 0 Å². The lowest BCUT2D eigenvalue weighted by molar-refractivity contribution is -0.167. The monoisotopic (exact) mass is 723 g/mol. The molecular formula is C45H86O6. The first-order chi connectivity index (χ1) is 24.8. The standard InChI is InChI=1S/C45H86O6/c1-6-8-9-10-11-12-13-14-15-19-25-30-35-43(46)49-38-42(39-50-44(47)36-31-26-22-21-24-29-34-41(5)7-2)51-45(48)37-32-27-20-17-16-18-23-28-33-40(3)4/h40-42H,6-39H2,1-5H3/t41?,42-/m1/s1. The Kier molecular flexibility index (Phi) is 37.0. The van der Waals surface area contributed by atoms with E-state index in [1.807, 2.05) is 0 Å². The summed E-state index contributed by atoms with van der Waals surface area (Å²) in [5, 5.41) is 0. The highest BCUT2D eigenvalue weighted by Gasteiger charge is 2.19. The molecule has 0 aliphatic carbocycles. The average Bonchev–Trinajstić information content (AvgIpc) is 3.11. The number of esters is 3. The summed E-state index contributed by atoms with van der Waals surface area (Å²) in [5.74, 6) is 0.744. The highest BCUT2D eigenvalue weighted by atomic mass is 16.6. The van der Waals surface area contributed by atoms with Gasteiger partial charge in [0.1, 0.15) is 13.2 Å². The minimum Gasteiger partial charge on any atom is -0.462 e. The molecule has 0 aromatic heterocycles. The van der Waals surface area contributed by atoms with Crippen molar-refractivity contribution in [3.05, 3.63) is 0 Å². The van der Waals surface area contributed by atoms with Crippen LogP contribution in [-0.4, -0.2) is 37.2 Å². The van der Waals surface area contributed by atoms with Gasteiger partial charge in [-0.1, -0.05) is 202 Å². The Morgan fingerprint density at radius 2 is 0.745 bits per heavy atom. The molecule has 2 atom stereocenters. The molecule has 6 heteroatoms. The van der Waals surface area contributed by atoms with Crippen LogP contribution in [0.4, 0.5) is 0 Å². The Morgan fingerprint density at radius 1 is 0.412 bits per heavy atom. The second kappa shape index (κ2) is 38.1. The van der Waals surface area contributed by atoms with Crippen molar-refractivity contribution >= 4 is 17.9 Å². The molecule has 0 amide bonds. The van der Waals surface area contributed by atoms with Gasteiger partial charge in [-0.05, 0) is 31.1 Å². The van der Waals surface area contributed by atoms with Gasteiger partial charge in [-0.2, -0.15) is 0 Å². The van der Waals surface area contributed by atoms with Crippen molar-refractivity contribution < 1.29 is 28.6 Å². The fraction of sp³-hybridized carbons (Fsp3) is 0.933. The van der Waals surface area contributed by atoms with Gasteiger partial charge >= 0.3 is 17.9 Å². The molecule has 0 bridgehead atoms. The van der Waals surface area contributed by atoms with Crippen LogP contribution in [0.1, 0.15) is 240 Å². The number of carbonyl (C=O) groups is 3. The number of carbonyl (C=O) groups excluding carboxylic acids is 3. The summed E-state index contributed by atoms with van der Waals surface area (Å²) in [6.45, 7) is 11.3. The SMILES string of the molecule is CCCCCCCCCCCCCCC(=O)OC[C@H](COC(=O)CCCCCCCCC(C)CC)OC(=O)CCCCCCCCCCC(C)C. The van der Waals surface area contributed by atoms with E-state index in [1.54, 1.807) is 0 Å². The highest BCUT2D eigenvalue weighted by Crippen LogP contribution is 2.17. The summed E-state index contributed by atoms with van der Waals surface area (Å²) in [7, 11) is 0. The maximum atomic E-state index is 12.7. The zero-order valence-electron chi connectivity index (χ0n) is 34.7. The van der Waals surface area contributed by atoms with E-state index in [-0.39, 0.29) is 31.1 Å². The van der Waals surface area contributed by atoms with Crippen LogP contribution in [0.3, 0.4) is 0 Å². The van der Waals surface area contributed by atoms with Crippen LogP contribution in [0.2, 0.25) is 0 Å². The molecule has 0 aromatic carbocycles. The van der Waals surface area contributed by atoms with Gasteiger partial charge in [-0.25, -0.2) is 0 Å². The van der Waals surface area contributed by atoms with Crippen LogP contribution in [0.15, 0.2) is 0 Å². The maximum Gasteiger partial charge on any atom is 0.306 e. The third-order valence-corrected chi connectivity index (χ3v) is 10.3. The molecule has 6 nitrogen and oxygen atoms in total. The fourth-order valence-electron chi connectivity index (χ4n) is 6.54. The van der Waals surface area contributed by atoms with Gasteiger partial charge in [-0.3, -0.25) is 14.4 Å². The summed E-state index contributed by atoms with van der Waals surface area (Å²) in [5.41, 5.74) is 0. The normalized spacial score (nSPS) is 12.6. The lowest BCUT2D eigenvalue weighted by Gasteiger charge is -2.18. The van der Waals surface area contributed by atoms with Crippen molar-refractivity contribution in [2.75, 3.05) is 13.2 Å². The zero-order chi connectivity index (χ0) is 37.6. The summed E-state index contributed by atoms with van der Waals surface area (Å²) in [4.78, 5) is 37.6. The Bertz CT molecular complexity index is 781. The molecular weight excluding hydrogens is 636 g/mol. The molecule has 0 aliphatic rings. The van der Waals surface area contributed by atoms with E-state index in [4.69, 9.17) is 14.2 Å². The molecule has 302 valence electrons. The van der Waals surface area contributed by atoms with Crippen LogP contribution >= 0.6 is 0 Å². The van der Waals surface area contributed by atoms with E-state index in [0.29, 0.717) is 19.3 Å². The van der Waals surface area contributed by atoms with Crippen LogP contribution in [0.25, 0.3) is 0 Å². The first kappa shape index (κ1) is 49.4. The van der Waals surface area contributed by atoms with Gasteiger partial charge in [0.2, 0.25) is 0 Å². The Balaban J connectivity index is 4.35. The molecule has 0 saturated heterocycles. The lowest BCUT2D eigenvalue weighted by Crippen LogP contribution is -2.30. The minimum absolute atomic E-state index is 0.0659. The molecule has 0 aliphatic heterocycles. The van der Waals surface area contributed by atoms with E-state index in [9.17, 15) is 14.4 Å². The predicted octanol–water partition coefficient (Wildman–Crippen LogP) is 13.8. The Morgan fingerprint density at radius 3 is 1.12 bits per heavy atom. The quantitative estimate of drug-likeness (QED) is 0.0357. The van der Waals surface area contributed by atoms with Crippen molar-refractivity contribution in [1.82, 2.24) is 0 Å². The molecule has 0 fully saturated rings. The van der Waals surface area contributed by atoms with Crippen molar-refractivity contribution in [1.29, 1.82) is 0 Å². The summed E-state index contributed by atoms with van der Waals surface area (Å²) in [6, 6.07) is 0. The van der Waals surface area contributed by atoms with Gasteiger partial charge in [0.25, 0.3) is 0 Å². The number of hydrogen-bond donors (Lipinski definition) is 0. The van der Waals surface area contributed by atoms with E-state index in [1.165, 1.54) is 128 Å². The molecule has 0 radical (unpaired) electrons. The second-order valence-electron chi connectivity index (χ2n) is 16.1. The molecule has 51 heavy (non-hydrogen) atoms. The van der Waals surface area contributed by atoms with Crippen LogP contribution in [0, 0.1) is 11.8 Å². The lowest BCUT2D eigenvalue weighted by atomic mass is 10.00. The summed E-state index contributed by atoms with van der Waals surface area (Å²) in [6.07, 6.45) is 35.2. The van der Waals surface area contributed by atoms with E-state index in [0.717, 1.165) is 69.6 Å². The van der Waals surface area contributed by atoms with Crippen molar-refractivity contribution in [2.45, 2.75) is 246 Å². The van der Waals surface area contributed by atoms with Crippen LogP contribution in [0.5, 0.6) is 0 Å². The molecule has 0 rings (SSSR count). The molecule has 1 unspecified atom stereocenters. The van der Waals surface area contributed by atoms with Gasteiger partial charge in [0, 0.05) is 19.3 Å². The molecule has 0 saturated carbocycles. The third kappa shape index (κ3) is 38.0. The molecule has 0 heterocycles. The number of rotatable bonds is 39. The predicted molar refractivity (Wildman–Crippen MR) is 215 cm³/mol. The van der Waals surface area contributed by atoms with E-state index >= 15 is 0 Å². The van der Waals surface area contributed by atoms with Crippen LogP contribution < -0.4 is 0 Å². The van der Waals surface area contributed by atoms with Crippen molar-refractivity contribution in [2.24, 2.45) is 11.8 Å². The second-order valence-corrected chi connectivity index (χ2v) is 16.1. The number of ether oxygens (including phenoxy) is 3. The smallest absolute Gasteiger partial charge is 0.306 e. The van der Waals surface area contributed by atoms with E-state index in [2.05, 4.69) is 34.6 Å². The molecule has 0 N–H and O–H groups in total. The summed E-state index contributed by atoms with van der Waals surface area (Å²) >= 11 is 0. The number of unbranched alkanes of at least 4 members (excludes halogenated alkanes) is 23. The van der Waals surface area contributed by atoms with Gasteiger partial charge in [0.05, 0.1) is 0 Å². The topological polar surface area (TPSA) is 78.9 Å². The first-order valence-corrected chi connectivity index (χ1v) is 22.3. The molecule has 0 spiro atoms. The molecule has 0 aromatic rings. The third-order valence-electron chi connectivity index (χ3n) is 10.3. The van der Waals surface area contributed by atoms with Crippen molar-refractivity contribution in [3.63, 3.8) is 0 Å². The zero-order valence-corrected chi connectivity index (χ0v) is 34.7. The maximum absolute atomic E-state index is 12.7. The number of hydrogen-bond acceptors (Lipinski definition) is 6.